The van der Waals surface area contributed by atoms with Crippen LogP contribution in [0, 0.1) is 12.7 Å². The van der Waals surface area contributed by atoms with E-state index in [-0.39, 0.29) is 42.5 Å². The van der Waals surface area contributed by atoms with Gasteiger partial charge in [0.1, 0.15) is 5.82 Å². The van der Waals surface area contributed by atoms with Crippen LogP contribution in [0.3, 0.4) is 0 Å². The molecule has 0 radical (unpaired) electrons. The SMILES string of the molecule is CCCC(=O)N1CCN(C(=O)[C@H](NC(=O)c2ccc(F)cc2)S(=O)(=O)c2ccc(C)cc2)CC1. The number of carbonyl (C=O) groups excluding carboxylic acids is 3. The molecule has 1 atom stereocenters. The molecule has 34 heavy (non-hydrogen) atoms. The maximum atomic E-state index is 13.4. The Hall–Kier alpha value is -3.27. The summed E-state index contributed by atoms with van der Waals surface area (Å²) in [5.41, 5.74) is 0.860. The highest BCUT2D eigenvalue weighted by molar-refractivity contribution is 7.92. The van der Waals surface area contributed by atoms with Gasteiger partial charge in [-0.3, -0.25) is 14.4 Å². The topological polar surface area (TPSA) is 104 Å². The second kappa shape index (κ2) is 10.8. The maximum absolute atomic E-state index is 13.4. The Bertz CT molecular complexity index is 1140. The van der Waals surface area contributed by atoms with Gasteiger partial charge in [-0.1, -0.05) is 24.6 Å². The Morgan fingerprint density at radius 2 is 1.50 bits per heavy atom. The fourth-order valence-corrected chi connectivity index (χ4v) is 5.12. The lowest BCUT2D eigenvalue weighted by atomic mass is 10.2. The molecule has 0 saturated carbocycles. The van der Waals surface area contributed by atoms with Crippen molar-refractivity contribution >= 4 is 27.6 Å². The number of carbonyl (C=O) groups is 3. The molecular formula is C24H28FN3O5S. The van der Waals surface area contributed by atoms with Gasteiger partial charge in [0.05, 0.1) is 4.90 Å². The van der Waals surface area contributed by atoms with E-state index in [0.717, 1.165) is 17.7 Å². The van der Waals surface area contributed by atoms with E-state index in [1.54, 1.807) is 24.0 Å². The summed E-state index contributed by atoms with van der Waals surface area (Å²) in [6, 6.07) is 10.6. The summed E-state index contributed by atoms with van der Waals surface area (Å²) in [5, 5.41) is 0.467. The zero-order valence-corrected chi connectivity index (χ0v) is 20.0. The first-order chi connectivity index (χ1) is 16.1. The minimum absolute atomic E-state index is 0.0111. The highest BCUT2D eigenvalue weighted by atomic mass is 32.2. The van der Waals surface area contributed by atoms with E-state index >= 15 is 0 Å². The van der Waals surface area contributed by atoms with E-state index in [2.05, 4.69) is 5.32 Å². The molecule has 1 aliphatic heterocycles. The van der Waals surface area contributed by atoms with Gasteiger partial charge in [-0.25, -0.2) is 12.8 Å². The molecule has 0 aliphatic carbocycles. The van der Waals surface area contributed by atoms with Gasteiger partial charge in [0.2, 0.25) is 21.1 Å². The molecular weight excluding hydrogens is 461 g/mol. The first-order valence-corrected chi connectivity index (χ1v) is 12.6. The summed E-state index contributed by atoms with van der Waals surface area (Å²) in [4.78, 5) is 41.2. The molecule has 8 nitrogen and oxygen atoms in total. The summed E-state index contributed by atoms with van der Waals surface area (Å²) >= 11 is 0. The molecule has 1 fully saturated rings. The molecule has 0 aromatic heterocycles. The van der Waals surface area contributed by atoms with Crippen LogP contribution in [0.5, 0.6) is 0 Å². The monoisotopic (exact) mass is 489 g/mol. The molecule has 1 N–H and O–H groups in total. The van der Waals surface area contributed by atoms with Gasteiger partial charge in [-0.2, -0.15) is 0 Å². The smallest absolute Gasteiger partial charge is 0.261 e. The minimum atomic E-state index is -4.29. The average Bonchev–Trinajstić information content (AvgIpc) is 2.83. The van der Waals surface area contributed by atoms with E-state index in [1.165, 1.54) is 29.2 Å². The Labute approximate surface area is 198 Å². The average molecular weight is 490 g/mol. The second-order valence-corrected chi connectivity index (χ2v) is 10.2. The standard InChI is InChI=1S/C24H28FN3O5S/c1-3-4-21(29)27-13-15-28(16-14-27)24(31)23(26-22(30)18-7-9-19(25)10-8-18)34(32,33)20-11-5-17(2)6-12-20/h5-12,23H,3-4,13-16H2,1-2H3,(H,26,30)/t23-/m1/s1. The highest BCUT2D eigenvalue weighted by Gasteiger charge is 2.39. The summed E-state index contributed by atoms with van der Waals surface area (Å²) in [6.07, 6.45) is 1.12. The van der Waals surface area contributed by atoms with Gasteiger partial charge >= 0.3 is 0 Å². The van der Waals surface area contributed by atoms with Crippen LogP contribution in [0.15, 0.2) is 53.4 Å². The van der Waals surface area contributed by atoms with E-state index in [9.17, 15) is 27.2 Å². The third-order valence-corrected chi connectivity index (χ3v) is 7.53. The molecule has 182 valence electrons. The molecule has 1 heterocycles. The van der Waals surface area contributed by atoms with Gasteiger partial charge in [0, 0.05) is 38.2 Å². The van der Waals surface area contributed by atoms with Gasteiger partial charge in [0.25, 0.3) is 11.8 Å². The van der Waals surface area contributed by atoms with Crippen LogP contribution in [-0.2, 0) is 19.4 Å². The van der Waals surface area contributed by atoms with Crippen molar-refractivity contribution in [1.82, 2.24) is 15.1 Å². The first-order valence-electron chi connectivity index (χ1n) is 11.1. The summed E-state index contributed by atoms with van der Waals surface area (Å²) in [6.45, 7) is 4.58. The van der Waals surface area contributed by atoms with Crippen molar-refractivity contribution in [2.45, 2.75) is 37.0 Å². The minimum Gasteiger partial charge on any atom is -0.339 e. The first kappa shape index (κ1) is 25.4. The molecule has 2 aromatic carbocycles. The molecule has 2 aromatic rings. The Morgan fingerprint density at radius 3 is 2.06 bits per heavy atom. The number of piperazine rings is 1. The predicted octanol–water partition coefficient (Wildman–Crippen LogP) is 2.13. The van der Waals surface area contributed by atoms with Crippen molar-refractivity contribution in [3.8, 4) is 0 Å². The van der Waals surface area contributed by atoms with Crippen molar-refractivity contribution < 1.29 is 27.2 Å². The number of benzene rings is 2. The van der Waals surface area contributed by atoms with Crippen molar-refractivity contribution in [2.75, 3.05) is 26.2 Å². The largest absolute Gasteiger partial charge is 0.339 e. The van der Waals surface area contributed by atoms with Crippen LogP contribution in [-0.4, -0.2) is 67.5 Å². The van der Waals surface area contributed by atoms with Crippen LogP contribution < -0.4 is 5.32 Å². The number of rotatable bonds is 7. The number of halogens is 1. The van der Waals surface area contributed by atoms with E-state index in [1.807, 2.05) is 6.92 Å². The van der Waals surface area contributed by atoms with Crippen molar-refractivity contribution in [2.24, 2.45) is 0 Å². The lowest BCUT2D eigenvalue weighted by molar-refractivity contribution is -0.139. The highest BCUT2D eigenvalue weighted by Crippen LogP contribution is 2.19. The fraction of sp³-hybridized carbons (Fsp3) is 0.375. The zero-order valence-electron chi connectivity index (χ0n) is 19.2. The lowest BCUT2D eigenvalue weighted by Crippen LogP contribution is -2.57. The third-order valence-electron chi connectivity index (χ3n) is 5.66. The predicted molar refractivity (Wildman–Crippen MR) is 124 cm³/mol. The number of aryl methyl sites for hydroxylation is 1. The second-order valence-electron chi connectivity index (χ2n) is 8.17. The number of hydrogen-bond acceptors (Lipinski definition) is 5. The molecule has 0 spiro atoms. The number of nitrogens with zero attached hydrogens (tertiary/aromatic N) is 2. The summed E-state index contributed by atoms with van der Waals surface area (Å²) in [5.74, 6) is -2.15. The number of amides is 3. The van der Waals surface area contributed by atoms with Crippen LogP contribution in [0.4, 0.5) is 4.39 Å². The van der Waals surface area contributed by atoms with Gasteiger partial charge in [-0.15, -0.1) is 0 Å². The molecule has 3 rings (SSSR count). The lowest BCUT2D eigenvalue weighted by Gasteiger charge is -2.36. The molecule has 1 aliphatic rings. The molecule has 1 saturated heterocycles. The van der Waals surface area contributed by atoms with Gasteiger partial charge in [0.15, 0.2) is 0 Å². The van der Waals surface area contributed by atoms with Crippen LogP contribution in [0.25, 0.3) is 0 Å². The van der Waals surface area contributed by atoms with Crippen molar-refractivity contribution in [1.29, 1.82) is 0 Å². The maximum Gasteiger partial charge on any atom is 0.261 e. The summed E-state index contributed by atoms with van der Waals surface area (Å²) in [7, 11) is -4.29. The Morgan fingerprint density at radius 1 is 0.941 bits per heavy atom. The quantitative estimate of drug-likeness (QED) is 0.642. The molecule has 0 bridgehead atoms. The van der Waals surface area contributed by atoms with Gasteiger partial charge < -0.3 is 15.1 Å². The number of nitrogens with one attached hydrogen (secondary N) is 1. The Balaban J connectivity index is 1.86. The normalized spacial score (nSPS) is 15.0. The van der Waals surface area contributed by atoms with E-state index in [0.29, 0.717) is 12.8 Å². The van der Waals surface area contributed by atoms with E-state index < -0.39 is 32.8 Å². The summed E-state index contributed by atoms with van der Waals surface area (Å²) < 4.78 is 40.1. The van der Waals surface area contributed by atoms with Crippen LogP contribution >= 0.6 is 0 Å². The fourth-order valence-electron chi connectivity index (χ4n) is 3.65. The van der Waals surface area contributed by atoms with Crippen molar-refractivity contribution in [3.05, 3.63) is 65.5 Å². The zero-order chi connectivity index (χ0) is 24.9. The Kier molecular flexibility index (Phi) is 8.03. The van der Waals surface area contributed by atoms with Gasteiger partial charge in [-0.05, 0) is 49.7 Å². The van der Waals surface area contributed by atoms with Crippen LogP contribution in [0.1, 0.15) is 35.7 Å². The van der Waals surface area contributed by atoms with E-state index in [4.69, 9.17) is 0 Å². The molecule has 3 amide bonds. The molecule has 0 unspecified atom stereocenters. The third kappa shape index (κ3) is 5.80. The van der Waals surface area contributed by atoms with Crippen molar-refractivity contribution in [3.63, 3.8) is 0 Å². The molecule has 10 heteroatoms. The van der Waals surface area contributed by atoms with Crippen LogP contribution in [0.2, 0.25) is 0 Å². The number of sulfone groups is 1. The number of hydrogen-bond donors (Lipinski definition) is 1.